The molecule has 6 heteroatoms. The number of hydrogen-bond donors (Lipinski definition) is 1. The molecule has 96 valence electrons. The number of halogens is 3. The zero-order chi connectivity index (χ0) is 13.0. The summed E-state index contributed by atoms with van der Waals surface area (Å²) in [5, 5.41) is 2.91. The van der Waals surface area contributed by atoms with Crippen molar-refractivity contribution in [3.63, 3.8) is 0 Å². The number of aryl methyl sites for hydroxylation is 1. The summed E-state index contributed by atoms with van der Waals surface area (Å²) in [6, 6.07) is 5.67. The third kappa shape index (κ3) is 1.84. The van der Waals surface area contributed by atoms with Crippen molar-refractivity contribution in [3.05, 3.63) is 23.8 Å². The molecule has 1 fully saturated rings. The van der Waals surface area contributed by atoms with Crippen LogP contribution in [0.4, 0.5) is 18.3 Å². The van der Waals surface area contributed by atoms with Gasteiger partial charge in [0.2, 0.25) is 0 Å². The van der Waals surface area contributed by atoms with Crippen LogP contribution in [0.1, 0.15) is 18.4 Å². The molecule has 1 aromatic carbocycles. The first-order valence-electron chi connectivity index (χ1n) is 5.62. The van der Waals surface area contributed by atoms with E-state index >= 15 is 0 Å². The fraction of sp³-hybridized carbons (Fsp3) is 0.417. The summed E-state index contributed by atoms with van der Waals surface area (Å²) in [6.07, 6.45) is -3.95. The second-order valence-electron chi connectivity index (χ2n) is 4.70. The fourth-order valence-electron chi connectivity index (χ4n) is 1.89. The quantitative estimate of drug-likeness (QED) is 0.889. The number of nitrogens with zero attached hydrogens (tertiary/aromatic N) is 1. The summed E-state index contributed by atoms with van der Waals surface area (Å²) >= 11 is 1.27. The molecule has 18 heavy (non-hydrogen) atoms. The molecule has 1 aliphatic rings. The van der Waals surface area contributed by atoms with E-state index in [1.54, 1.807) is 0 Å². The lowest BCUT2D eigenvalue weighted by Gasteiger charge is -2.19. The topological polar surface area (TPSA) is 24.9 Å². The van der Waals surface area contributed by atoms with E-state index in [1.807, 2.05) is 25.1 Å². The summed E-state index contributed by atoms with van der Waals surface area (Å²) in [6.45, 7) is 1.95. The first kappa shape index (κ1) is 11.8. The smallest absolute Gasteiger partial charge is 0.347 e. The van der Waals surface area contributed by atoms with Crippen LogP contribution in [0.15, 0.2) is 18.2 Å². The van der Waals surface area contributed by atoms with Crippen molar-refractivity contribution in [2.45, 2.75) is 31.5 Å². The van der Waals surface area contributed by atoms with Gasteiger partial charge in [0.1, 0.15) is 5.54 Å². The van der Waals surface area contributed by atoms with Crippen molar-refractivity contribution in [3.8, 4) is 0 Å². The first-order valence-corrected chi connectivity index (χ1v) is 6.43. The van der Waals surface area contributed by atoms with E-state index in [0.717, 1.165) is 15.8 Å². The van der Waals surface area contributed by atoms with E-state index in [1.165, 1.54) is 11.3 Å². The molecule has 1 N–H and O–H groups in total. The van der Waals surface area contributed by atoms with Crippen LogP contribution >= 0.6 is 11.3 Å². The Bertz CT molecular complexity index is 599. The van der Waals surface area contributed by atoms with Crippen LogP contribution in [-0.2, 0) is 0 Å². The van der Waals surface area contributed by atoms with Crippen LogP contribution in [0.25, 0.3) is 10.2 Å². The highest BCUT2D eigenvalue weighted by Gasteiger charge is 2.63. The monoisotopic (exact) mass is 272 g/mol. The maximum Gasteiger partial charge on any atom is 0.411 e. The van der Waals surface area contributed by atoms with Crippen LogP contribution in [0.3, 0.4) is 0 Å². The molecule has 0 saturated heterocycles. The van der Waals surface area contributed by atoms with Crippen LogP contribution in [0.5, 0.6) is 0 Å². The highest BCUT2D eigenvalue weighted by atomic mass is 32.1. The number of fused-ring (bicyclic) bond motifs is 1. The predicted octanol–water partition coefficient (Wildman–Crippen LogP) is 4.11. The van der Waals surface area contributed by atoms with Crippen LogP contribution in [-0.4, -0.2) is 16.7 Å². The SMILES string of the molecule is Cc1ccc2nc(NC3(C(F)(F)F)CC3)sc2c1. The molecule has 0 amide bonds. The Morgan fingerprint density at radius 2 is 2.06 bits per heavy atom. The van der Waals surface area contributed by atoms with Gasteiger partial charge in [-0.15, -0.1) is 0 Å². The molecule has 1 saturated carbocycles. The summed E-state index contributed by atoms with van der Waals surface area (Å²) < 4.78 is 39.4. The van der Waals surface area contributed by atoms with Crippen LogP contribution in [0.2, 0.25) is 0 Å². The van der Waals surface area contributed by atoms with Gasteiger partial charge in [-0.2, -0.15) is 13.2 Å². The van der Waals surface area contributed by atoms with E-state index in [9.17, 15) is 13.2 Å². The van der Waals surface area contributed by atoms with Gasteiger partial charge in [0.25, 0.3) is 0 Å². The third-order valence-electron chi connectivity index (χ3n) is 3.18. The van der Waals surface area contributed by atoms with Gasteiger partial charge < -0.3 is 5.32 Å². The molecular formula is C12H11F3N2S. The average molecular weight is 272 g/mol. The average Bonchev–Trinajstić information content (AvgIpc) is 2.92. The van der Waals surface area contributed by atoms with Gasteiger partial charge in [0.05, 0.1) is 10.2 Å². The first-order chi connectivity index (χ1) is 8.40. The number of nitrogens with one attached hydrogen (secondary N) is 1. The van der Waals surface area contributed by atoms with Crippen molar-refractivity contribution < 1.29 is 13.2 Å². The van der Waals surface area contributed by atoms with Crippen molar-refractivity contribution >= 4 is 26.7 Å². The molecule has 0 aliphatic heterocycles. The number of benzene rings is 1. The molecular weight excluding hydrogens is 261 g/mol. The molecule has 1 heterocycles. The lowest BCUT2D eigenvalue weighted by Crippen LogP contribution is -2.38. The number of thiazole rings is 1. The van der Waals surface area contributed by atoms with Gasteiger partial charge in [-0.25, -0.2) is 4.98 Å². The van der Waals surface area contributed by atoms with E-state index in [0.29, 0.717) is 5.13 Å². The van der Waals surface area contributed by atoms with E-state index in [-0.39, 0.29) is 12.8 Å². The van der Waals surface area contributed by atoms with E-state index in [4.69, 9.17) is 0 Å². The Morgan fingerprint density at radius 1 is 1.33 bits per heavy atom. The minimum atomic E-state index is -4.21. The second-order valence-corrected chi connectivity index (χ2v) is 5.73. The largest absolute Gasteiger partial charge is 0.411 e. The molecule has 0 bridgehead atoms. The highest BCUT2D eigenvalue weighted by Crippen LogP contribution is 2.51. The Kier molecular flexibility index (Phi) is 2.35. The normalized spacial score (nSPS) is 18.0. The van der Waals surface area contributed by atoms with E-state index < -0.39 is 11.7 Å². The lowest BCUT2D eigenvalue weighted by atomic mass is 10.2. The molecule has 0 spiro atoms. The van der Waals surface area contributed by atoms with Gasteiger partial charge in [-0.05, 0) is 37.5 Å². The molecule has 0 atom stereocenters. The van der Waals surface area contributed by atoms with Crippen LogP contribution < -0.4 is 5.32 Å². The molecule has 2 nitrogen and oxygen atoms in total. The Balaban J connectivity index is 1.92. The predicted molar refractivity (Wildman–Crippen MR) is 66.0 cm³/mol. The van der Waals surface area contributed by atoms with Crippen molar-refractivity contribution in [1.29, 1.82) is 0 Å². The number of hydrogen-bond acceptors (Lipinski definition) is 3. The standard InChI is InChI=1S/C12H11F3N2S/c1-7-2-3-8-9(6-7)18-10(16-8)17-11(4-5-11)12(13,14)15/h2-3,6H,4-5H2,1H3,(H,16,17). The van der Waals surface area contributed by atoms with Gasteiger partial charge >= 0.3 is 6.18 Å². The number of aromatic nitrogens is 1. The molecule has 1 aliphatic carbocycles. The number of rotatable bonds is 2. The molecule has 0 radical (unpaired) electrons. The van der Waals surface area contributed by atoms with Gasteiger partial charge in [-0.3, -0.25) is 0 Å². The minimum Gasteiger partial charge on any atom is -0.347 e. The van der Waals surface area contributed by atoms with Crippen LogP contribution in [0, 0.1) is 6.92 Å². The Hall–Kier alpha value is -1.30. The lowest BCUT2D eigenvalue weighted by molar-refractivity contribution is -0.151. The van der Waals surface area contributed by atoms with E-state index in [2.05, 4.69) is 10.3 Å². The second kappa shape index (κ2) is 3.60. The summed E-state index contributed by atoms with van der Waals surface area (Å²) in [5.41, 5.74) is 0.0800. The number of anilines is 1. The molecule has 2 aromatic rings. The van der Waals surface area contributed by atoms with Crippen molar-refractivity contribution in [1.82, 2.24) is 4.98 Å². The zero-order valence-corrected chi connectivity index (χ0v) is 10.5. The van der Waals surface area contributed by atoms with Gasteiger partial charge in [0, 0.05) is 0 Å². The molecule has 1 aromatic heterocycles. The molecule has 0 unspecified atom stereocenters. The zero-order valence-electron chi connectivity index (χ0n) is 9.64. The molecule has 3 rings (SSSR count). The van der Waals surface area contributed by atoms with Crippen molar-refractivity contribution in [2.24, 2.45) is 0 Å². The van der Waals surface area contributed by atoms with Crippen molar-refractivity contribution in [2.75, 3.05) is 5.32 Å². The summed E-state index contributed by atoms with van der Waals surface area (Å²) in [5.74, 6) is 0. The number of alkyl halides is 3. The summed E-state index contributed by atoms with van der Waals surface area (Å²) in [4.78, 5) is 4.20. The fourth-order valence-corrected chi connectivity index (χ4v) is 2.96. The maximum absolute atomic E-state index is 12.8. The Morgan fingerprint density at radius 3 is 2.67 bits per heavy atom. The minimum absolute atomic E-state index is 0.130. The Labute approximate surface area is 106 Å². The van der Waals surface area contributed by atoms with Gasteiger partial charge in [0.15, 0.2) is 5.13 Å². The third-order valence-corrected chi connectivity index (χ3v) is 4.12. The maximum atomic E-state index is 12.8. The summed E-state index contributed by atoms with van der Waals surface area (Å²) in [7, 11) is 0. The van der Waals surface area contributed by atoms with Gasteiger partial charge in [-0.1, -0.05) is 17.4 Å². The highest BCUT2D eigenvalue weighted by molar-refractivity contribution is 7.22.